The molecule has 0 bridgehead atoms. The highest BCUT2D eigenvalue weighted by atomic mass is 19.1. The number of hydrogen-bond acceptors (Lipinski definition) is 8. The molecule has 0 aromatic heterocycles. The lowest BCUT2D eigenvalue weighted by Gasteiger charge is -2.32. The van der Waals surface area contributed by atoms with Gasteiger partial charge in [0.2, 0.25) is 13.6 Å². The van der Waals surface area contributed by atoms with Crippen molar-refractivity contribution in [3.63, 3.8) is 0 Å². The topological polar surface area (TPSA) is 111 Å². The summed E-state index contributed by atoms with van der Waals surface area (Å²) >= 11 is 0. The Morgan fingerprint density at radius 2 is 0.959 bits per heavy atom. The van der Waals surface area contributed by atoms with Gasteiger partial charge in [0.05, 0.1) is 13.2 Å². The van der Waals surface area contributed by atoms with E-state index < -0.39 is 0 Å². The van der Waals surface area contributed by atoms with Gasteiger partial charge in [-0.1, -0.05) is 24.3 Å². The molecule has 2 fully saturated rings. The first-order chi connectivity index (χ1) is 23.6. The van der Waals surface area contributed by atoms with Crippen LogP contribution in [-0.4, -0.2) is 58.5 Å². The first-order valence-corrected chi connectivity index (χ1v) is 16.6. The van der Waals surface area contributed by atoms with Gasteiger partial charge in [-0.05, 0) is 97.4 Å². The van der Waals surface area contributed by atoms with Gasteiger partial charge in [-0.15, -0.1) is 0 Å². The fourth-order valence-electron chi connectivity index (χ4n) is 6.83. The minimum absolute atomic E-state index is 0. The minimum Gasteiger partial charge on any atom is -0.493 e. The SMILES string of the molecule is Fc1ccc([C@@H]2CCNC[C@H]2COc2ccc3c(c2)OCO3)cc1.Fc1ccc([C@@H]2CCNC[C@H]2COc2ccc3c(c2)OCO3)cc1.O. The minimum atomic E-state index is -0.194. The number of benzene rings is 4. The summed E-state index contributed by atoms with van der Waals surface area (Å²) in [4.78, 5) is 0. The van der Waals surface area contributed by atoms with Gasteiger partial charge >= 0.3 is 0 Å². The fraction of sp³-hybridized carbons (Fsp3) is 0.368. The number of rotatable bonds is 8. The number of ether oxygens (including phenoxy) is 6. The third-order valence-electron chi connectivity index (χ3n) is 9.43. The number of hydrogen-bond donors (Lipinski definition) is 2. The number of nitrogens with one attached hydrogen (secondary N) is 2. The third kappa shape index (κ3) is 8.54. The molecule has 0 saturated carbocycles. The second-order valence-electron chi connectivity index (χ2n) is 12.5. The van der Waals surface area contributed by atoms with E-state index in [0.717, 1.165) is 73.5 Å². The van der Waals surface area contributed by atoms with Crippen molar-refractivity contribution >= 4 is 0 Å². The quantitative estimate of drug-likeness (QED) is 0.240. The summed E-state index contributed by atoms with van der Waals surface area (Å²) in [6.07, 6.45) is 2.06. The van der Waals surface area contributed by atoms with Crippen LogP contribution in [0.5, 0.6) is 34.5 Å². The highest BCUT2D eigenvalue weighted by Crippen LogP contribution is 2.38. The van der Waals surface area contributed by atoms with Crippen LogP contribution in [0.2, 0.25) is 0 Å². The van der Waals surface area contributed by atoms with Crippen molar-refractivity contribution in [3.05, 3.63) is 108 Å². The van der Waals surface area contributed by atoms with Crippen molar-refractivity contribution in [2.75, 3.05) is 53.0 Å². The smallest absolute Gasteiger partial charge is 0.231 e. The number of fused-ring (bicyclic) bond motifs is 2. The second kappa shape index (κ2) is 16.2. The molecule has 4 aromatic carbocycles. The Morgan fingerprint density at radius 1 is 0.551 bits per heavy atom. The maximum atomic E-state index is 13.2. The van der Waals surface area contributed by atoms with E-state index in [1.807, 2.05) is 60.7 Å². The zero-order valence-electron chi connectivity index (χ0n) is 27.2. The first kappa shape index (κ1) is 34.3. The summed E-state index contributed by atoms with van der Waals surface area (Å²) in [7, 11) is 0. The van der Waals surface area contributed by atoms with Crippen molar-refractivity contribution < 1.29 is 42.7 Å². The molecule has 0 aliphatic carbocycles. The van der Waals surface area contributed by atoms with E-state index in [-0.39, 0.29) is 30.7 Å². The Bertz CT molecular complexity index is 1530. The third-order valence-corrected chi connectivity index (χ3v) is 9.43. The molecule has 9 nitrogen and oxygen atoms in total. The van der Waals surface area contributed by atoms with Gasteiger partial charge in [0.15, 0.2) is 23.0 Å². The van der Waals surface area contributed by atoms with Gasteiger partial charge in [-0.3, -0.25) is 0 Å². The lowest BCUT2D eigenvalue weighted by molar-refractivity contribution is 0.173. The maximum absolute atomic E-state index is 13.2. The van der Waals surface area contributed by atoms with Crippen LogP contribution in [0, 0.1) is 23.5 Å². The lowest BCUT2D eigenvalue weighted by Crippen LogP contribution is -2.38. The molecule has 2 saturated heterocycles. The summed E-state index contributed by atoms with van der Waals surface area (Å²) < 4.78 is 59.7. The largest absolute Gasteiger partial charge is 0.493 e. The van der Waals surface area contributed by atoms with Crippen molar-refractivity contribution in [3.8, 4) is 34.5 Å². The van der Waals surface area contributed by atoms with E-state index in [1.54, 1.807) is 0 Å². The molecule has 4 atom stereocenters. The molecule has 0 unspecified atom stereocenters. The Morgan fingerprint density at radius 3 is 1.39 bits per heavy atom. The molecule has 4 aromatic rings. The molecule has 4 heterocycles. The van der Waals surface area contributed by atoms with Crippen molar-refractivity contribution in [1.82, 2.24) is 10.6 Å². The molecule has 260 valence electrons. The normalized spacial score (nSPS) is 21.9. The molecular weight excluding hydrogens is 634 g/mol. The van der Waals surface area contributed by atoms with E-state index in [9.17, 15) is 8.78 Å². The zero-order valence-corrected chi connectivity index (χ0v) is 27.2. The Labute approximate surface area is 284 Å². The van der Waals surface area contributed by atoms with Crippen molar-refractivity contribution in [2.24, 2.45) is 11.8 Å². The average Bonchev–Trinajstić information content (AvgIpc) is 3.80. The van der Waals surface area contributed by atoms with Crippen molar-refractivity contribution in [1.29, 1.82) is 0 Å². The molecule has 0 amide bonds. The molecule has 4 N–H and O–H groups in total. The van der Waals surface area contributed by atoms with Crippen LogP contribution in [0.1, 0.15) is 35.8 Å². The maximum Gasteiger partial charge on any atom is 0.231 e. The first-order valence-electron chi connectivity index (χ1n) is 16.6. The molecule has 8 rings (SSSR count). The Balaban J connectivity index is 0.000000167. The summed E-state index contributed by atoms with van der Waals surface area (Å²) in [5.74, 6) is 5.57. The van der Waals surface area contributed by atoms with Crippen molar-refractivity contribution in [2.45, 2.75) is 24.7 Å². The highest BCUT2D eigenvalue weighted by Gasteiger charge is 2.28. The molecule has 11 heteroatoms. The lowest BCUT2D eigenvalue weighted by atomic mass is 9.81. The van der Waals surface area contributed by atoms with Gasteiger partial charge in [0.25, 0.3) is 0 Å². The van der Waals surface area contributed by atoms with Crippen LogP contribution in [0.15, 0.2) is 84.9 Å². The summed E-state index contributed by atoms with van der Waals surface area (Å²) in [5.41, 5.74) is 2.36. The highest BCUT2D eigenvalue weighted by molar-refractivity contribution is 5.47. The standard InChI is InChI=1S/2C19H20FNO3.H2O/c2*20-15-3-1-13(2-4-15)17-7-8-21-10-14(17)11-22-16-5-6-18-19(9-16)24-12-23-18;/h2*1-6,9,14,17,21H,7-8,10-12H2;1H2/t2*14-,17-;/m00./s1. The van der Waals surface area contributed by atoms with Crippen LogP contribution in [0.25, 0.3) is 0 Å². The zero-order chi connectivity index (χ0) is 32.7. The molecule has 0 spiro atoms. The van der Waals surface area contributed by atoms with Gasteiger partial charge in [-0.25, -0.2) is 8.78 Å². The number of piperidine rings is 2. The average molecular weight is 677 g/mol. The Kier molecular flexibility index (Phi) is 11.3. The van der Waals surface area contributed by atoms with Gasteiger partial charge in [0.1, 0.15) is 23.1 Å². The van der Waals surface area contributed by atoms with Crippen LogP contribution < -0.4 is 39.1 Å². The fourth-order valence-corrected chi connectivity index (χ4v) is 6.83. The van der Waals surface area contributed by atoms with Crippen LogP contribution in [-0.2, 0) is 0 Å². The summed E-state index contributed by atoms with van der Waals surface area (Å²) in [5, 5.41) is 6.85. The van der Waals surface area contributed by atoms with E-state index in [0.29, 0.717) is 36.9 Å². The summed E-state index contributed by atoms with van der Waals surface area (Å²) in [6.45, 7) is 5.48. The van der Waals surface area contributed by atoms with E-state index >= 15 is 0 Å². The molecule has 4 aliphatic heterocycles. The predicted molar refractivity (Wildman–Crippen MR) is 180 cm³/mol. The molecular formula is C38H42F2N2O7. The van der Waals surface area contributed by atoms with Crippen LogP contribution in [0.3, 0.4) is 0 Å². The number of halogens is 2. The van der Waals surface area contributed by atoms with Crippen LogP contribution in [0.4, 0.5) is 8.78 Å². The van der Waals surface area contributed by atoms with E-state index in [1.165, 1.54) is 35.4 Å². The van der Waals surface area contributed by atoms with Gasteiger partial charge < -0.3 is 44.5 Å². The Hall–Kier alpha value is -4.58. The molecule has 0 radical (unpaired) electrons. The predicted octanol–water partition coefficient (Wildman–Crippen LogP) is 5.83. The van der Waals surface area contributed by atoms with Gasteiger partial charge in [0, 0.05) is 37.1 Å². The summed E-state index contributed by atoms with van der Waals surface area (Å²) in [6, 6.07) is 25.0. The second-order valence-corrected chi connectivity index (χ2v) is 12.5. The van der Waals surface area contributed by atoms with E-state index in [2.05, 4.69) is 10.6 Å². The van der Waals surface area contributed by atoms with Crippen LogP contribution >= 0.6 is 0 Å². The molecule has 49 heavy (non-hydrogen) atoms. The van der Waals surface area contributed by atoms with E-state index in [4.69, 9.17) is 28.4 Å². The monoisotopic (exact) mass is 676 g/mol. The van der Waals surface area contributed by atoms with Gasteiger partial charge in [-0.2, -0.15) is 0 Å². The molecule has 4 aliphatic rings.